The number of hydrogen-bond acceptors (Lipinski definition) is 3. The van der Waals surface area contributed by atoms with Crippen LogP contribution in [0.2, 0.25) is 0 Å². The SMILES string of the molecule is CCNC(C)(CC(C)N1CCCC2CCCC21)C(=O)O. The van der Waals surface area contributed by atoms with E-state index < -0.39 is 11.5 Å². The molecule has 1 aliphatic heterocycles. The van der Waals surface area contributed by atoms with Crippen molar-refractivity contribution in [2.75, 3.05) is 13.1 Å². The Morgan fingerprint density at radius 1 is 1.40 bits per heavy atom. The minimum absolute atomic E-state index is 0.334. The van der Waals surface area contributed by atoms with Crippen molar-refractivity contribution in [2.45, 2.75) is 76.9 Å². The van der Waals surface area contributed by atoms with Gasteiger partial charge < -0.3 is 10.4 Å². The van der Waals surface area contributed by atoms with E-state index in [1.165, 1.54) is 32.1 Å². The lowest BCUT2D eigenvalue weighted by molar-refractivity contribution is -0.145. The number of hydrogen-bond donors (Lipinski definition) is 2. The number of fused-ring (bicyclic) bond motifs is 1. The lowest BCUT2D eigenvalue weighted by atomic mass is 9.87. The lowest BCUT2D eigenvalue weighted by Crippen LogP contribution is -2.56. The van der Waals surface area contributed by atoms with Gasteiger partial charge in [0, 0.05) is 12.1 Å². The molecule has 0 radical (unpaired) electrons. The Morgan fingerprint density at radius 3 is 2.75 bits per heavy atom. The molecule has 4 atom stereocenters. The van der Waals surface area contributed by atoms with Crippen LogP contribution in [0.15, 0.2) is 0 Å². The Labute approximate surface area is 122 Å². The summed E-state index contributed by atoms with van der Waals surface area (Å²) >= 11 is 0. The van der Waals surface area contributed by atoms with Crippen LogP contribution in [0.5, 0.6) is 0 Å². The van der Waals surface area contributed by atoms with Crippen LogP contribution in [0.1, 0.15) is 59.3 Å². The molecule has 0 bridgehead atoms. The summed E-state index contributed by atoms with van der Waals surface area (Å²) in [6, 6.07) is 1.04. The molecule has 2 fully saturated rings. The van der Waals surface area contributed by atoms with E-state index in [1.807, 2.05) is 13.8 Å². The molecule has 2 rings (SSSR count). The lowest BCUT2D eigenvalue weighted by Gasteiger charge is -2.43. The molecule has 116 valence electrons. The summed E-state index contributed by atoms with van der Waals surface area (Å²) in [5, 5.41) is 12.7. The highest BCUT2D eigenvalue weighted by molar-refractivity contribution is 5.78. The van der Waals surface area contributed by atoms with E-state index in [4.69, 9.17) is 0 Å². The maximum atomic E-state index is 11.6. The van der Waals surface area contributed by atoms with Gasteiger partial charge in [-0.3, -0.25) is 9.69 Å². The average molecular weight is 282 g/mol. The van der Waals surface area contributed by atoms with Gasteiger partial charge in [-0.2, -0.15) is 0 Å². The van der Waals surface area contributed by atoms with Gasteiger partial charge in [-0.25, -0.2) is 0 Å². The van der Waals surface area contributed by atoms with Gasteiger partial charge in [0.15, 0.2) is 0 Å². The number of carboxylic acid groups (broad SMARTS) is 1. The second-order valence-electron chi connectivity index (χ2n) is 6.86. The zero-order valence-corrected chi connectivity index (χ0v) is 13.2. The molecular weight excluding hydrogens is 252 g/mol. The van der Waals surface area contributed by atoms with Crippen LogP contribution in [0, 0.1) is 5.92 Å². The fourth-order valence-corrected chi connectivity index (χ4v) is 4.37. The van der Waals surface area contributed by atoms with Crippen molar-refractivity contribution in [1.29, 1.82) is 0 Å². The largest absolute Gasteiger partial charge is 0.480 e. The van der Waals surface area contributed by atoms with Crippen molar-refractivity contribution < 1.29 is 9.90 Å². The van der Waals surface area contributed by atoms with Crippen molar-refractivity contribution >= 4 is 5.97 Å². The highest BCUT2D eigenvalue weighted by atomic mass is 16.4. The normalized spacial score (nSPS) is 31.6. The number of carbonyl (C=O) groups is 1. The first-order chi connectivity index (χ1) is 9.48. The minimum Gasteiger partial charge on any atom is -0.480 e. The van der Waals surface area contributed by atoms with Crippen LogP contribution in [0.4, 0.5) is 0 Å². The van der Waals surface area contributed by atoms with Gasteiger partial charge in [0.1, 0.15) is 5.54 Å². The highest BCUT2D eigenvalue weighted by Gasteiger charge is 2.40. The van der Waals surface area contributed by atoms with E-state index in [2.05, 4.69) is 17.1 Å². The summed E-state index contributed by atoms with van der Waals surface area (Å²) in [4.78, 5) is 14.2. The number of carboxylic acids is 1. The molecule has 2 aliphatic rings. The molecular formula is C16H30N2O2. The maximum Gasteiger partial charge on any atom is 0.323 e. The van der Waals surface area contributed by atoms with Gasteiger partial charge in [-0.05, 0) is 65.0 Å². The third-order valence-electron chi connectivity index (χ3n) is 5.34. The standard InChI is InChI=1S/C16H30N2O2/c1-4-17-16(3,15(19)20)11-12(2)18-10-6-8-13-7-5-9-14(13)18/h12-14,17H,4-11H2,1-3H3,(H,19,20). The van der Waals surface area contributed by atoms with Crippen LogP contribution < -0.4 is 5.32 Å². The number of nitrogens with one attached hydrogen (secondary N) is 1. The van der Waals surface area contributed by atoms with Gasteiger partial charge in [0.2, 0.25) is 0 Å². The van der Waals surface area contributed by atoms with Crippen molar-refractivity contribution in [3.63, 3.8) is 0 Å². The first kappa shape index (κ1) is 15.8. The van der Waals surface area contributed by atoms with Crippen molar-refractivity contribution in [2.24, 2.45) is 5.92 Å². The van der Waals surface area contributed by atoms with E-state index in [-0.39, 0.29) is 0 Å². The van der Waals surface area contributed by atoms with Gasteiger partial charge in [0.05, 0.1) is 0 Å². The van der Waals surface area contributed by atoms with Crippen molar-refractivity contribution in [1.82, 2.24) is 10.2 Å². The fraction of sp³-hybridized carbons (Fsp3) is 0.938. The maximum absolute atomic E-state index is 11.6. The molecule has 0 amide bonds. The third kappa shape index (κ3) is 3.17. The number of piperidine rings is 1. The number of aliphatic carboxylic acids is 1. The van der Waals surface area contributed by atoms with E-state index >= 15 is 0 Å². The first-order valence-corrected chi connectivity index (χ1v) is 8.22. The van der Waals surface area contributed by atoms with Crippen LogP contribution in [-0.2, 0) is 4.79 Å². The Hall–Kier alpha value is -0.610. The quantitative estimate of drug-likeness (QED) is 0.786. The summed E-state index contributed by atoms with van der Waals surface area (Å²) in [5.41, 5.74) is -0.806. The number of nitrogens with zero attached hydrogens (tertiary/aromatic N) is 1. The Bertz CT molecular complexity index is 347. The van der Waals surface area contributed by atoms with E-state index in [9.17, 15) is 9.90 Å². The Morgan fingerprint density at radius 2 is 2.10 bits per heavy atom. The molecule has 1 saturated carbocycles. The molecule has 1 aliphatic carbocycles. The summed E-state index contributed by atoms with van der Waals surface area (Å²) in [5.74, 6) is 0.132. The van der Waals surface area contributed by atoms with Crippen molar-refractivity contribution in [3.05, 3.63) is 0 Å². The third-order valence-corrected chi connectivity index (χ3v) is 5.34. The molecule has 1 heterocycles. The van der Waals surface area contributed by atoms with E-state index in [1.54, 1.807) is 0 Å². The zero-order chi connectivity index (χ0) is 14.8. The molecule has 0 aromatic carbocycles. The predicted molar refractivity (Wildman–Crippen MR) is 80.9 cm³/mol. The average Bonchev–Trinajstić information content (AvgIpc) is 2.86. The van der Waals surface area contributed by atoms with Crippen LogP contribution >= 0.6 is 0 Å². The molecule has 20 heavy (non-hydrogen) atoms. The minimum atomic E-state index is -0.806. The summed E-state index contributed by atoms with van der Waals surface area (Å²) in [6.45, 7) is 7.84. The topological polar surface area (TPSA) is 52.6 Å². The van der Waals surface area contributed by atoms with Crippen molar-refractivity contribution in [3.8, 4) is 0 Å². The molecule has 2 N–H and O–H groups in total. The summed E-state index contributed by atoms with van der Waals surface area (Å²) in [7, 11) is 0. The van der Waals surface area contributed by atoms with Gasteiger partial charge >= 0.3 is 5.97 Å². The number of likely N-dealkylation sites (N-methyl/N-ethyl adjacent to an activating group) is 1. The van der Waals surface area contributed by atoms with Gasteiger partial charge in [0.25, 0.3) is 0 Å². The summed E-state index contributed by atoms with van der Waals surface area (Å²) < 4.78 is 0. The summed E-state index contributed by atoms with van der Waals surface area (Å²) in [6.07, 6.45) is 7.35. The van der Waals surface area contributed by atoms with Gasteiger partial charge in [-0.1, -0.05) is 13.3 Å². The smallest absolute Gasteiger partial charge is 0.323 e. The first-order valence-electron chi connectivity index (χ1n) is 8.22. The van der Waals surface area contributed by atoms with E-state index in [0.29, 0.717) is 25.0 Å². The number of likely N-dealkylation sites (tertiary alicyclic amines) is 1. The molecule has 4 nitrogen and oxygen atoms in total. The Kier molecular flexibility index (Phi) is 5.08. The monoisotopic (exact) mass is 282 g/mol. The zero-order valence-electron chi connectivity index (χ0n) is 13.2. The van der Waals surface area contributed by atoms with Crippen LogP contribution in [0.25, 0.3) is 0 Å². The highest BCUT2D eigenvalue weighted by Crippen LogP contribution is 2.38. The van der Waals surface area contributed by atoms with Crippen LogP contribution in [0.3, 0.4) is 0 Å². The molecule has 0 spiro atoms. The predicted octanol–water partition coefficient (Wildman–Crippen LogP) is 2.48. The number of rotatable bonds is 6. The fourth-order valence-electron chi connectivity index (χ4n) is 4.37. The second-order valence-corrected chi connectivity index (χ2v) is 6.86. The molecule has 0 aromatic rings. The van der Waals surface area contributed by atoms with E-state index in [0.717, 1.165) is 12.5 Å². The van der Waals surface area contributed by atoms with Gasteiger partial charge in [-0.15, -0.1) is 0 Å². The second kappa shape index (κ2) is 6.44. The molecule has 4 unspecified atom stereocenters. The molecule has 1 saturated heterocycles. The van der Waals surface area contributed by atoms with Crippen LogP contribution in [-0.4, -0.2) is 46.7 Å². The molecule has 0 aromatic heterocycles. The molecule has 4 heteroatoms. The Balaban J connectivity index is 2.02.